The molecule has 0 N–H and O–H groups in total. The van der Waals surface area contributed by atoms with Crippen LogP contribution in [0.15, 0.2) is 64.9 Å². The average Bonchev–Trinajstić information content (AvgIpc) is 3.30. The molecular weight excluding hydrogens is 507 g/mol. The molecule has 1 heterocycles. The Morgan fingerprint density at radius 2 is 1.61 bits per heavy atom. The molecule has 0 amide bonds. The second-order valence-corrected chi connectivity index (χ2v) is 11.0. The van der Waals surface area contributed by atoms with Crippen LogP contribution in [-0.2, 0) is 16.4 Å². The van der Waals surface area contributed by atoms with Gasteiger partial charge >= 0.3 is 0 Å². The third-order valence-corrected chi connectivity index (χ3v) is 7.65. The number of alkyl halides is 1. The molecular formula is C23H25Cl3N2O4S. The number of nitrogens with zero attached hydrogens (tertiary/aromatic N) is 2. The van der Waals surface area contributed by atoms with Crippen molar-refractivity contribution in [1.82, 2.24) is 9.55 Å². The number of halogens is 3. The molecule has 0 aliphatic carbocycles. The highest BCUT2D eigenvalue weighted by Crippen LogP contribution is 2.37. The van der Waals surface area contributed by atoms with Crippen molar-refractivity contribution >= 4 is 44.6 Å². The first-order valence-corrected chi connectivity index (χ1v) is 13.1. The fraction of sp³-hybridized carbons (Fsp3) is 0.348. The molecule has 0 saturated carbocycles. The summed E-state index contributed by atoms with van der Waals surface area (Å²) in [5.41, 5.74) is 0. The monoisotopic (exact) mass is 530 g/mol. The van der Waals surface area contributed by atoms with Crippen LogP contribution in [0.1, 0.15) is 13.8 Å². The summed E-state index contributed by atoms with van der Waals surface area (Å²) in [6, 6.07) is 8.94. The summed E-state index contributed by atoms with van der Waals surface area (Å²) >= 11 is 18.3. The Hall–Kier alpha value is -1.93. The van der Waals surface area contributed by atoms with Crippen molar-refractivity contribution in [2.75, 3.05) is 19.1 Å². The molecule has 0 aliphatic heterocycles. The van der Waals surface area contributed by atoms with Gasteiger partial charge in [-0.1, -0.05) is 37.0 Å². The van der Waals surface area contributed by atoms with Gasteiger partial charge in [-0.15, -0.1) is 11.6 Å². The standard InChI is InChI=1S/C23H25Cl3N2O4S/c1-16(11-24)13-32-23-21(25)9-20(10-22(23)26)33(29,30)19-5-3-18(4-6-19)31-14-17(2)12-28-8-7-27-15-28/h3-10,15-17H,11-14H2,1-2H3/t16-,17-/m1/s1. The normalized spacial score (nSPS) is 13.5. The highest BCUT2D eigenvalue weighted by molar-refractivity contribution is 7.91. The van der Waals surface area contributed by atoms with Crippen molar-refractivity contribution in [1.29, 1.82) is 0 Å². The van der Waals surface area contributed by atoms with Gasteiger partial charge in [0.05, 0.1) is 39.4 Å². The first kappa shape index (κ1) is 25.7. The van der Waals surface area contributed by atoms with Crippen molar-refractivity contribution in [3.05, 3.63) is 65.2 Å². The van der Waals surface area contributed by atoms with E-state index in [1.165, 1.54) is 24.3 Å². The molecule has 178 valence electrons. The molecule has 6 nitrogen and oxygen atoms in total. The molecule has 10 heteroatoms. The minimum absolute atomic E-state index is 0.0159. The Morgan fingerprint density at radius 1 is 0.970 bits per heavy atom. The zero-order valence-electron chi connectivity index (χ0n) is 18.2. The fourth-order valence-corrected chi connectivity index (χ4v) is 5.12. The third kappa shape index (κ3) is 6.79. The summed E-state index contributed by atoms with van der Waals surface area (Å²) in [5, 5.41) is 0.240. The summed E-state index contributed by atoms with van der Waals surface area (Å²) in [4.78, 5) is 4.12. The maximum Gasteiger partial charge on any atom is 0.206 e. The van der Waals surface area contributed by atoms with Crippen LogP contribution < -0.4 is 9.47 Å². The van der Waals surface area contributed by atoms with Crippen LogP contribution >= 0.6 is 34.8 Å². The largest absolute Gasteiger partial charge is 0.493 e. The lowest BCUT2D eigenvalue weighted by molar-refractivity contribution is 0.244. The molecule has 2 atom stereocenters. The summed E-state index contributed by atoms with van der Waals surface area (Å²) in [6.45, 7) is 5.56. The lowest BCUT2D eigenvalue weighted by atomic mass is 10.2. The van der Waals surface area contributed by atoms with Crippen molar-refractivity contribution in [2.45, 2.75) is 30.2 Å². The minimum Gasteiger partial charge on any atom is -0.493 e. The van der Waals surface area contributed by atoms with E-state index < -0.39 is 9.84 Å². The molecule has 3 aromatic rings. The fourth-order valence-electron chi connectivity index (χ4n) is 3.00. The van der Waals surface area contributed by atoms with E-state index in [0.717, 1.165) is 6.54 Å². The van der Waals surface area contributed by atoms with E-state index in [1.807, 2.05) is 17.7 Å². The van der Waals surface area contributed by atoms with E-state index >= 15 is 0 Å². The molecule has 0 fully saturated rings. The molecule has 2 aromatic carbocycles. The van der Waals surface area contributed by atoms with Gasteiger partial charge < -0.3 is 14.0 Å². The Kier molecular flexibility index (Phi) is 8.93. The van der Waals surface area contributed by atoms with Gasteiger partial charge in [-0.2, -0.15) is 0 Å². The van der Waals surface area contributed by atoms with Crippen LogP contribution in [0, 0.1) is 11.8 Å². The number of hydrogen-bond acceptors (Lipinski definition) is 5. The Labute approximate surface area is 209 Å². The first-order valence-electron chi connectivity index (χ1n) is 10.3. The van der Waals surface area contributed by atoms with Crippen molar-refractivity contribution in [3.63, 3.8) is 0 Å². The van der Waals surface area contributed by atoms with Gasteiger partial charge in [0.15, 0.2) is 5.75 Å². The van der Waals surface area contributed by atoms with Gasteiger partial charge in [-0.25, -0.2) is 13.4 Å². The minimum atomic E-state index is -3.83. The van der Waals surface area contributed by atoms with Gasteiger partial charge in [-0.3, -0.25) is 0 Å². The zero-order chi connectivity index (χ0) is 24.0. The number of imidazole rings is 1. The van der Waals surface area contributed by atoms with Crippen molar-refractivity contribution < 1.29 is 17.9 Å². The Bertz CT molecular complexity index is 1130. The highest BCUT2D eigenvalue weighted by atomic mass is 35.5. The van der Waals surface area contributed by atoms with Crippen molar-refractivity contribution in [2.24, 2.45) is 11.8 Å². The maximum absolute atomic E-state index is 13.1. The van der Waals surface area contributed by atoms with Crippen LogP contribution in [0.5, 0.6) is 11.5 Å². The van der Waals surface area contributed by atoms with Crippen LogP contribution in [0.3, 0.4) is 0 Å². The van der Waals surface area contributed by atoms with E-state index in [1.54, 1.807) is 24.7 Å². The molecule has 33 heavy (non-hydrogen) atoms. The van der Waals surface area contributed by atoms with Crippen LogP contribution in [-0.4, -0.2) is 37.1 Å². The topological polar surface area (TPSA) is 70.4 Å². The smallest absolute Gasteiger partial charge is 0.206 e. The third-order valence-electron chi connectivity index (χ3n) is 4.81. The van der Waals surface area contributed by atoms with E-state index in [9.17, 15) is 8.42 Å². The summed E-state index contributed by atoms with van der Waals surface area (Å²) < 4.78 is 39.6. The molecule has 0 radical (unpaired) electrons. The molecule has 0 unspecified atom stereocenters. The SMILES string of the molecule is C[C@H](CCl)COc1c(Cl)cc(S(=O)(=O)c2ccc(OC[C@H](C)Cn3ccnc3)cc2)cc1Cl. The zero-order valence-corrected chi connectivity index (χ0v) is 21.3. The van der Waals surface area contributed by atoms with E-state index in [0.29, 0.717) is 24.8 Å². The number of benzene rings is 2. The predicted molar refractivity (Wildman–Crippen MR) is 131 cm³/mol. The number of hydrogen-bond donors (Lipinski definition) is 0. The number of rotatable bonds is 11. The lowest BCUT2D eigenvalue weighted by Crippen LogP contribution is -2.14. The number of aromatic nitrogens is 2. The summed E-state index contributed by atoms with van der Waals surface area (Å²) in [6.07, 6.45) is 5.39. The van der Waals surface area contributed by atoms with Gasteiger partial charge in [0, 0.05) is 36.7 Å². The number of sulfone groups is 1. The molecule has 0 aliphatic rings. The van der Waals surface area contributed by atoms with Gasteiger partial charge in [0.2, 0.25) is 9.84 Å². The van der Waals surface area contributed by atoms with E-state index in [2.05, 4.69) is 11.9 Å². The second kappa shape index (κ2) is 11.5. The molecule has 0 spiro atoms. The Morgan fingerprint density at radius 3 is 2.18 bits per heavy atom. The van der Waals surface area contributed by atoms with Gasteiger partial charge in [0.1, 0.15) is 5.75 Å². The van der Waals surface area contributed by atoms with Crippen LogP contribution in [0.2, 0.25) is 10.0 Å². The number of ether oxygens (including phenoxy) is 2. The molecule has 1 aromatic heterocycles. The van der Waals surface area contributed by atoms with Crippen molar-refractivity contribution in [3.8, 4) is 11.5 Å². The maximum atomic E-state index is 13.1. The predicted octanol–water partition coefficient (Wildman–Crippen LogP) is 5.99. The van der Waals surface area contributed by atoms with Gasteiger partial charge in [-0.05, 0) is 36.4 Å². The van der Waals surface area contributed by atoms with Gasteiger partial charge in [0.25, 0.3) is 0 Å². The molecule has 0 bridgehead atoms. The summed E-state index contributed by atoms with van der Waals surface area (Å²) in [7, 11) is -3.83. The van der Waals surface area contributed by atoms with E-state index in [-0.39, 0.29) is 37.4 Å². The second-order valence-electron chi connectivity index (χ2n) is 7.94. The van der Waals surface area contributed by atoms with Crippen LogP contribution in [0.25, 0.3) is 0 Å². The van der Waals surface area contributed by atoms with E-state index in [4.69, 9.17) is 44.3 Å². The van der Waals surface area contributed by atoms with Crippen LogP contribution in [0.4, 0.5) is 0 Å². The Balaban J connectivity index is 1.68. The quantitative estimate of drug-likeness (QED) is 0.284. The summed E-state index contributed by atoms with van der Waals surface area (Å²) in [5.74, 6) is 1.59. The average molecular weight is 532 g/mol. The molecule has 0 saturated heterocycles. The highest BCUT2D eigenvalue weighted by Gasteiger charge is 2.22. The first-order chi connectivity index (χ1) is 15.7. The molecule has 3 rings (SSSR count). The lowest BCUT2D eigenvalue weighted by Gasteiger charge is -2.15.